The molecular weight excluding hydrogens is 373 g/mol. The van der Waals surface area contributed by atoms with Crippen LogP contribution < -0.4 is 11.1 Å². The minimum absolute atomic E-state index is 0.0227. The lowest BCUT2D eigenvalue weighted by Crippen LogP contribution is -2.11. The third-order valence-electron chi connectivity index (χ3n) is 3.49. The SMILES string of the molecule is Cc1ccc(Nc2nc(N)nc(COC(=O)c3ccc(F)cc3Cl)n2)cc1. The standard InChI is InChI=1S/C18H15ClFN5O2/c1-10-2-5-12(6-3-10)22-18-24-15(23-17(21)25-18)9-27-16(26)13-7-4-11(20)8-14(13)19/h2-8H,9H2,1H3,(H3,21,22,23,24,25). The van der Waals surface area contributed by atoms with Gasteiger partial charge < -0.3 is 15.8 Å². The van der Waals surface area contributed by atoms with E-state index >= 15 is 0 Å². The number of nitrogens with two attached hydrogens (primary N) is 1. The highest BCUT2D eigenvalue weighted by Crippen LogP contribution is 2.19. The van der Waals surface area contributed by atoms with Gasteiger partial charge in [0, 0.05) is 5.69 Å². The molecule has 7 nitrogen and oxygen atoms in total. The van der Waals surface area contributed by atoms with Crippen molar-refractivity contribution in [2.45, 2.75) is 13.5 Å². The van der Waals surface area contributed by atoms with Crippen molar-refractivity contribution in [1.29, 1.82) is 0 Å². The van der Waals surface area contributed by atoms with Crippen LogP contribution in [0.5, 0.6) is 0 Å². The van der Waals surface area contributed by atoms with Gasteiger partial charge in [-0.3, -0.25) is 0 Å². The predicted molar refractivity (Wildman–Crippen MR) is 99.2 cm³/mol. The molecule has 0 amide bonds. The van der Waals surface area contributed by atoms with E-state index in [0.717, 1.165) is 23.4 Å². The van der Waals surface area contributed by atoms with E-state index in [9.17, 15) is 9.18 Å². The molecule has 0 aliphatic rings. The third-order valence-corrected chi connectivity index (χ3v) is 3.80. The van der Waals surface area contributed by atoms with Crippen LogP contribution in [0.25, 0.3) is 0 Å². The van der Waals surface area contributed by atoms with Gasteiger partial charge in [-0.25, -0.2) is 9.18 Å². The summed E-state index contributed by atoms with van der Waals surface area (Å²) < 4.78 is 18.2. The third kappa shape index (κ3) is 4.89. The van der Waals surface area contributed by atoms with Crippen LogP contribution in [0.3, 0.4) is 0 Å². The second kappa shape index (κ2) is 7.96. The average molecular weight is 388 g/mol. The lowest BCUT2D eigenvalue weighted by Gasteiger charge is -2.09. The van der Waals surface area contributed by atoms with Crippen LogP contribution in [0.2, 0.25) is 5.02 Å². The number of benzene rings is 2. The molecule has 0 radical (unpaired) electrons. The Morgan fingerprint density at radius 1 is 1.19 bits per heavy atom. The van der Waals surface area contributed by atoms with Crippen molar-refractivity contribution < 1.29 is 13.9 Å². The maximum atomic E-state index is 13.1. The van der Waals surface area contributed by atoms with Crippen LogP contribution in [0.4, 0.5) is 22.0 Å². The fraction of sp³-hybridized carbons (Fsp3) is 0.111. The summed E-state index contributed by atoms with van der Waals surface area (Å²) >= 11 is 5.85. The van der Waals surface area contributed by atoms with Crippen molar-refractivity contribution >= 4 is 35.2 Å². The fourth-order valence-electron chi connectivity index (χ4n) is 2.19. The quantitative estimate of drug-likeness (QED) is 0.644. The van der Waals surface area contributed by atoms with Gasteiger partial charge in [-0.05, 0) is 37.3 Å². The number of rotatable bonds is 5. The van der Waals surface area contributed by atoms with Crippen molar-refractivity contribution in [2.75, 3.05) is 11.1 Å². The predicted octanol–water partition coefficient (Wildman–Crippen LogP) is 3.66. The number of nitrogens with one attached hydrogen (secondary N) is 1. The Hall–Kier alpha value is -3.26. The van der Waals surface area contributed by atoms with Crippen molar-refractivity contribution in [3.8, 4) is 0 Å². The van der Waals surface area contributed by atoms with E-state index in [2.05, 4.69) is 20.3 Å². The summed E-state index contributed by atoms with van der Waals surface area (Å²) in [6.07, 6.45) is 0. The van der Waals surface area contributed by atoms with E-state index in [4.69, 9.17) is 22.1 Å². The zero-order valence-corrected chi connectivity index (χ0v) is 15.0. The van der Waals surface area contributed by atoms with E-state index < -0.39 is 11.8 Å². The zero-order valence-electron chi connectivity index (χ0n) is 14.2. The number of anilines is 3. The summed E-state index contributed by atoms with van der Waals surface area (Å²) in [5, 5.41) is 2.96. The molecular formula is C18H15ClFN5O2. The van der Waals surface area contributed by atoms with Gasteiger partial charge in [0.15, 0.2) is 12.4 Å². The molecule has 0 aliphatic carbocycles. The highest BCUT2D eigenvalue weighted by molar-refractivity contribution is 6.33. The summed E-state index contributed by atoms with van der Waals surface area (Å²) in [7, 11) is 0. The van der Waals surface area contributed by atoms with Gasteiger partial charge >= 0.3 is 5.97 Å². The van der Waals surface area contributed by atoms with Gasteiger partial charge in [-0.2, -0.15) is 15.0 Å². The Kier molecular flexibility index (Phi) is 5.46. The molecule has 9 heteroatoms. The van der Waals surface area contributed by atoms with Crippen LogP contribution in [0, 0.1) is 12.7 Å². The first-order valence-corrected chi connectivity index (χ1v) is 8.25. The minimum Gasteiger partial charge on any atom is -0.454 e. The number of nitrogen functional groups attached to an aromatic ring is 1. The van der Waals surface area contributed by atoms with Crippen molar-refractivity contribution in [2.24, 2.45) is 0 Å². The first kappa shape index (κ1) is 18.5. The summed E-state index contributed by atoms with van der Waals surface area (Å²) in [4.78, 5) is 24.2. The average Bonchev–Trinajstić information content (AvgIpc) is 2.61. The Morgan fingerprint density at radius 3 is 2.63 bits per heavy atom. The fourth-order valence-corrected chi connectivity index (χ4v) is 2.43. The topological polar surface area (TPSA) is 103 Å². The summed E-state index contributed by atoms with van der Waals surface area (Å²) in [6, 6.07) is 11.0. The molecule has 0 bridgehead atoms. The molecule has 0 fully saturated rings. The molecule has 27 heavy (non-hydrogen) atoms. The second-order valence-corrected chi connectivity index (χ2v) is 6.03. The molecule has 0 saturated carbocycles. The summed E-state index contributed by atoms with van der Waals surface area (Å²) in [6.45, 7) is 1.73. The summed E-state index contributed by atoms with van der Waals surface area (Å²) in [5.74, 6) is -0.924. The van der Waals surface area contributed by atoms with Gasteiger partial charge in [0.1, 0.15) is 5.82 Å². The number of halogens is 2. The van der Waals surface area contributed by atoms with Gasteiger partial charge in [0.2, 0.25) is 11.9 Å². The smallest absolute Gasteiger partial charge is 0.340 e. The van der Waals surface area contributed by atoms with E-state index in [0.29, 0.717) is 0 Å². The highest BCUT2D eigenvalue weighted by Gasteiger charge is 2.14. The molecule has 2 aromatic carbocycles. The van der Waals surface area contributed by atoms with Crippen LogP contribution in [-0.4, -0.2) is 20.9 Å². The van der Waals surface area contributed by atoms with Gasteiger partial charge in [-0.1, -0.05) is 29.3 Å². The van der Waals surface area contributed by atoms with Gasteiger partial charge in [-0.15, -0.1) is 0 Å². The van der Waals surface area contributed by atoms with Gasteiger partial charge in [0.05, 0.1) is 10.6 Å². The number of esters is 1. The molecule has 138 valence electrons. The number of carbonyl (C=O) groups excluding carboxylic acids is 1. The second-order valence-electron chi connectivity index (χ2n) is 5.62. The number of hydrogen-bond donors (Lipinski definition) is 2. The molecule has 1 aromatic heterocycles. The minimum atomic E-state index is -0.730. The van der Waals surface area contributed by atoms with E-state index in [1.54, 1.807) is 0 Å². The molecule has 0 saturated heterocycles. The molecule has 1 heterocycles. The molecule has 3 aromatic rings. The van der Waals surface area contributed by atoms with Crippen LogP contribution in [0.15, 0.2) is 42.5 Å². The Morgan fingerprint density at radius 2 is 1.93 bits per heavy atom. The Balaban J connectivity index is 1.70. The number of carbonyl (C=O) groups is 1. The number of nitrogens with zero attached hydrogens (tertiary/aromatic N) is 3. The van der Waals surface area contributed by atoms with E-state index in [1.165, 1.54) is 6.07 Å². The van der Waals surface area contributed by atoms with Crippen LogP contribution in [0.1, 0.15) is 21.7 Å². The van der Waals surface area contributed by atoms with E-state index in [-0.39, 0.29) is 34.9 Å². The molecule has 0 unspecified atom stereocenters. The molecule has 0 spiro atoms. The largest absolute Gasteiger partial charge is 0.454 e. The summed E-state index contributed by atoms with van der Waals surface area (Å²) in [5.41, 5.74) is 7.61. The zero-order chi connectivity index (χ0) is 19.4. The Bertz CT molecular complexity index is 982. The first-order valence-electron chi connectivity index (χ1n) is 7.87. The highest BCUT2D eigenvalue weighted by atomic mass is 35.5. The van der Waals surface area contributed by atoms with Crippen molar-refractivity contribution in [1.82, 2.24) is 15.0 Å². The maximum Gasteiger partial charge on any atom is 0.340 e. The molecule has 3 rings (SSSR count). The van der Waals surface area contributed by atoms with Crippen molar-refractivity contribution in [3.05, 3.63) is 70.3 Å². The van der Waals surface area contributed by atoms with E-state index in [1.807, 2.05) is 31.2 Å². The lowest BCUT2D eigenvalue weighted by atomic mass is 10.2. The normalized spacial score (nSPS) is 10.5. The van der Waals surface area contributed by atoms with Crippen molar-refractivity contribution in [3.63, 3.8) is 0 Å². The lowest BCUT2D eigenvalue weighted by molar-refractivity contribution is 0.0462. The Labute approximate surface area is 159 Å². The maximum absolute atomic E-state index is 13.1. The molecule has 3 N–H and O–H groups in total. The molecule has 0 aliphatic heterocycles. The number of aromatic nitrogens is 3. The number of aryl methyl sites for hydroxylation is 1. The van der Waals surface area contributed by atoms with Gasteiger partial charge in [0.25, 0.3) is 0 Å². The number of ether oxygens (including phenoxy) is 1. The number of hydrogen-bond acceptors (Lipinski definition) is 7. The first-order chi connectivity index (χ1) is 12.9. The van der Waals surface area contributed by atoms with Crippen LogP contribution in [-0.2, 0) is 11.3 Å². The molecule has 0 atom stereocenters. The van der Waals surface area contributed by atoms with Crippen LogP contribution >= 0.6 is 11.6 Å². The monoisotopic (exact) mass is 387 g/mol.